The van der Waals surface area contributed by atoms with E-state index in [9.17, 15) is 5.11 Å². The Kier molecular flexibility index (Phi) is 6.77. The normalized spacial score (nSPS) is 47.7. The summed E-state index contributed by atoms with van der Waals surface area (Å²) in [5.41, 5.74) is -1.93. The molecule has 0 bridgehead atoms. The first-order valence-electron chi connectivity index (χ1n) is 11.5. The second-order valence-corrected chi connectivity index (χ2v) is 11.9. The number of aliphatic hydroxyl groups is 1. The quantitative estimate of drug-likeness (QED) is 0.366. The average molecular weight is 466 g/mol. The van der Waals surface area contributed by atoms with Crippen LogP contribution in [0.1, 0.15) is 80.1 Å². The van der Waals surface area contributed by atoms with Crippen molar-refractivity contribution in [2.75, 3.05) is 0 Å². The van der Waals surface area contributed by atoms with Gasteiger partial charge in [-0.05, 0) is 103 Å². The summed E-state index contributed by atoms with van der Waals surface area (Å²) in [6.07, 6.45) is 5.42. The molecule has 0 spiro atoms. The van der Waals surface area contributed by atoms with Gasteiger partial charge < -0.3 is 15.2 Å². The van der Waals surface area contributed by atoms with Crippen LogP contribution >= 0.6 is 24.4 Å². The van der Waals surface area contributed by atoms with E-state index < -0.39 is 11.1 Å². The summed E-state index contributed by atoms with van der Waals surface area (Å²) in [7, 11) is 4.16. The molecule has 31 heavy (non-hydrogen) atoms. The van der Waals surface area contributed by atoms with Crippen LogP contribution in [0.15, 0.2) is 9.98 Å². The van der Waals surface area contributed by atoms with Gasteiger partial charge in [0, 0.05) is 11.3 Å². The summed E-state index contributed by atoms with van der Waals surface area (Å²) >= 11 is 9.93. The summed E-state index contributed by atoms with van der Waals surface area (Å²) in [5.74, 6) is 0.457. The molecule has 0 amide bonds. The zero-order valence-electron chi connectivity index (χ0n) is 19.9. The van der Waals surface area contributed by atoms with Crippen molar-refractivity contribution in [2.24, 2.45) is 27.2 Å². The van der Waals surface area contributed by atoms with Crippen LogP contribution in [-0.4, -0.2) is 49.9 Å². The van der Waals surface area contributed by atoms with Gasteiger partial charge in [0.25, 0.3) is 0 Å². The minimum absolute atomic E-state index is 0.00204. The van der Waals surface area contributed by atoms with Crippen LogP contribution in [0.5, 0.6) is 0 Å². The molecule has 7 heteroatoms. The standard InChI is InChI=1S/C24H39N3O2S2/c1-20(2,26-14-30)17-9-10-23(5,29-17)16-8-11-24(6,27-15-31)21(3)12-13-22(4,28)19(25-7)18(16)21/h16-19,28H,7-13,25H2,1-6H3/t16-,17-,18-,19+,21-,22+,23+,24-/m0/s1. The molecule has 2 saturated carbocycles. The summed E-state index contributed by atoms with van der Waals surface area (Å²) in [4.78, 5) is 9.12. The van der Waals surface area contributed by atoms with Crippen LogP contribution in [-0.2, 0) is 4.74 Å². The molecule has 3 aliphatic rings. The van der Waals surface area contributed by atoms with E-state index in [1.165, 1.54) is 0 Å². The third-order valence-corrected chi connectivity index (χ3v) is 9.55. The number of hydrogen-bond donors (Lipinski definition) is 2. The summed E-state index contributed by atoms with van der Waals surface area (Å²) < 4.78 is 6.83. The molecule has 0 aromatic rings. The van der Waals surface area contributed by atoms with Gasteiger partial charge in [0.1, 0.15) is 5.60 Å². The van der Waals surface area contributed by atoms with Crippen LogP contribution in [0.3, 0.4) is 0 Å². The second-order valence-electron chi connectivity index (χ2n) is 11.5. The maximum atomic E-state index is 11.4. The van der Waals surface area contributed by atoms with Crippen molar-refractivity contribution in [1.82, 2.24) is 0 Å². The van der Waals surface area contributed by atoms with E-state index in [0.717, 1.165) is 38.5 Å². The summed E-state index contributed by atoms with van der Waals surface area (Å²) in [5, 5.41) is 18.6. The summed E-state index contributed by atoms with van der Waals surface area (Å²) in [6.45, 7) is 12.9. The topological polar surface area (TPSA) is 70.8 Å². The van der Waals surface area contributed by atoms with E-state index >= 15 is 0 Å². The first-order chi connectivity index (χ1) is 14.3. The molecular formula is C24H39N3O2S2. The Balaban J connectivity index is 2.05. The Morgan fingerprint density at radius 2 is 1.74 bits per heavy atom. The molecule has 174 valence electrons. The van der Waals surface area contributed by atoms with Crippen molar-refractivity contribution in [3.05, 3.63) is 7.05 Å². The number of hydrogen-bond acceptors (Lipinski definition) is 6. The van der Waals surface area contributed by atoms with Crippen molar-refractivity contribution in [3.63, 3.8) is 0 Å². The van der Waals surface area contributed by atoms with Gasteiger partial charge in [0.15, 0.2) is 0 Å². The third-order valence-electron chi connectivity index (χ3n) is 9.36. The van der Waals surface area contributed by atoms with Gasteiger partial charge in [-0.25, -0.2) is 9.98 Å². The second kappa shape index (κ2) is 8.36. The van der Waals surface area contributed by atoms with Gasteiger partial charge in [0.2, 0.25) is 0 Å². The van der Waals surface area contributed by atoms with E-state index in [-0.39, 0.29) is 40.5 Å². The smallest absolute Gasteiger partial charge is 0.111 e. The number of aliphatic imine (C=N–C) groups is 2. The maximum absolute atomic E-state index is 11.4. The van der Waals surface area contributed by atoms with E-state index in [1.54, 1.807) is 0 Å². The Morgan fingerprint density at radius 1 is 1.06 bits per heavy atom. The number of nitrogens with zero attached hydrogens (tertiary/aromatic N) is 2. The van der Waals surface area contributed by atoms with Crippen LogP contribution in [0.4, 0.5) is 0 Å². The largest absolute Gasteiger partial charge is 0.474 e. The zero-order chi connectivity index (χ0) is 23.3. The number of fused-ring (bicyclic) bond motifs is 1. The van der Waals surface area contributed by atoms with E-state index in [1.807, 2.05) is 12.2 Å². The van der Waals surface area contributed by atoms with Gasteiger partial charge in [-0.15, -0.1) is 0 Å². The lowest BCUT2D eigenvalue weighted by Crippen LogP contribution is -2.94. The van der Waals surface area contributed by atoms with Gasteiger partial charge in [-0.2, -0.15) is 7.05 Å². The molecule has 3 fully saturated rings. The Hall–Kier alpha value is -0.520. The molecule has 1 heterocycles. The molecule has 0 aromatic heterocycles. The van der Waals surface area contributed by atoms with Crippen LogP contribution in [0.2, 0.25) is 0 Å². The molecular weight excluding hydrogens is 426 g/mol. The number of isothiocyanates is 2. The van der Waals surface area contributed by atoms with Gasteiger partial charge in [-0.1, -0.05) is 6.92 Å². The van der Waals surface area contributed by atoms with Gasteiger partial charge in [-0.3, -0.25) is 0 Å². The fourth-order valence-corrected chi connectivity index (χ4v) is 7.48. The van der Waals surface area contributed by atoms with Crippen molar-refractivity contribution in [2.45, 2.75) is 114 Å². The predicted octanol–water partition coefficient (Wildman–Crippen LogP) is 3.97. The van der Waals surface area contributed by atoms with Crippen LogP contribution in [0, 0.1) is 24.3 Å². The Morgan fingerprint density at radius 3 is 2.32 bits per heavy atom. The molecule has 5 nitrogen and oxygen atoms in total. The lowest BCUT2D eigenvalue weighted by molar-refractivity contribution is -0.668. The molecule has 1 aliphatic heterocycles. The molecule has 1 saturated heterocycles. The molecule has 8 atom stereocenters. The maximum Gasteiger partial charge on any atom is 0.111 e. The fourth-order valence-electron chi connectivity index (χ4n) is 7.04. The van der Waals surface area contributed by atoms with Crippen LogP contribution in [0.25, 0.3) is 0 Å². The average Bonchev–Trinajstić information content (AvgIpc) is 3.08. The number of ether oxygens (including phenoxy) is 1. The number of nitrogens with two attached hydrogens (primary N) is 1. The highest BCUT2D eigenvalue weighted by molar-refractivity contribution is 7.78. The molecule has 0 radical (unpaired) electrons. The molecule has 2 aliphatic carbocycles. The van der Waals surface area contributed by atoms with Crippen molar-refractivity contribution < 1.29 is 15.2 Å². The fraction of sp³-hybridized carbons (Fsp3) is 0.875. The number of quaternary nitrogens is 1. The molecule has 0 aromatic carbocycles. The first kappa shape index (κ1) is 25.1. The molecule has 3 N–H and O–H groups in total. The molecule has 0 unspecified atom stereocenters. The van der Waals surface area contributed by atoms with E-state index in [4.69, 9.17) is 34.2 Å². The highest BCUT2D eigenvalue weighted by Gasteiger charge is 2.67. The monoisotopic (exact) mass is 465 g/mol. The minimum Gasteiger partial charge on any atom is -0.474 e. The van der Waals surface area contributed by atoms with E-state index in [0.29, 0.717) is 0 Å². The highest BCUT2D eigenvalue weighted by atomic mass is 32.1. The first-order valence-corrected chi connectivity index (χ1v) is 12.3. The van der Waals surface area contributed by atoms with Gasteiger partial charge >= 0.3 is 0 Å². The van der Waals surface area contributed by atoms with Gasteiger partial charge in [0.05, 0.1) is 39.1 Å². The third kappa shape index (κ3) is 4.01. The van der Waals surface area contributed by atoms with Crippen LogP contribution < -0.4 is 5.32 Å². The zero-order valence-corrected chi connectivity index (χ0v) is 21.5. The van der Waals surface area contributed by atoms with Crippen molar-refractivity contribution >= 4 is 34.8 Å². The predicted molar refractivity (Wildman–Crippen MR) is 130 cm³/mol. The lowest BCUT2D eigenvalue weighted by Gasteiger charge is -2.63. The highest BCUT2D eigenvalue weighted by Crippen LogP contribution is 2.63. The Bertz CT molecular complexity index is 805. The molecule has 3 rings (SSSR count). The Labute approximate surface area is 198 Å². The summed E-state index contributed by atoms with van der Waals surface area (Å²) in [6, 6.07) is -0.0392. The number of rotatable bonds is 5. The SMILES string of the molecule is [CH2-][NH2+][C@@H]1[C@@H]2[C@@H]([C@@]3(C)CC[C@@H](C(C)(C)N=C=S)O3)CC[C@](C)(N=C=S)[C@@]2(C)CC[C@@]1(C)O. The van der Waals surface area contributed by atoms with Crippen molar-refractivity contribution in [3.8, 4) is 0 Å². The minimum atomic E-state index is -0.793. The van der Waals surface area contributed by atoms with Crippen molar-refractivity contribution in [1.29, 1.82) is 0 Å². The lowest BCUT2D eigenvalue weighted by atomic mass is 9.44. The number of thiocarbonyl (C=S) groups is 2. The van der Waals surface area contributed by atoms with E-state index in [2.05, 4.69) is 57.0 Å².